The lowest BCUT2D eigenvalue weighted by atomic mass is 9.88. The van der Waals surface area contributed by atoms with Crippen molar-refractivity contribution in [2.24, 2.45) is 11.8 Å². The van der Waals surface area contributed by atoms with E-state index >= 15 is 0 Å². The zero-order valence-corrected chi connectivity index (χ0v) is 8.89. The highest BCUT2D eigenvalue weighted by Crippen LogP contribution is 2.52. The Balaban J connectivity index is 1.81. The van der Waals surface area contributed by atoms with E-state index in [1.54, 1.807) is 6.92 Å². The van der Waals surface area contributed by atoms with E-state index in [4.69, 9.17) is 4.52 Å². The van der Waals surface area contributed by atoms with Gasteiger partial charge >= 0.3 is 0 Å². The minimum absolute atomic E-state index is 0.354. The van der Waals surface area contributed by atoms with E-state index in [1.807, 2.05) is 0 Å². The fourth-order valence-electron chi connectivity index (χ4n) is 3.13. The summed E-state index contributed by atoms with van der Waals surface area (Å²) < 4.78 is 5.04. The van der Waals surface area contributed by atoms with Gasteiger partial charge in [-0.15, -0.1) is 0 Å². The van der Waals surface area contributed by atoms with Crippen LogP contribution in [0.15, 0.2) is 4.52 Å². The second kappa shape index (κ2) is 3.30. The molecule has 0 saturated heterocycles. The minimum atomic E-state index is -0.648. The van der Waals surface area contributed by atoms with Gasteiger partial charge in [-0.2, -0.15) is 4.98 Å². The Hall–Kier alpha value is -0.900. The first-order valence-corrected chi connectivity index (χ1v) is 5.75. The van der Waals surface area contributed by atoms with Crippen LogP contribution in [0.25, 0.3) is 0 Å². The van der Waals surface area contributed by atoms with Crippen molar-refractivity contribution in [3.05, 3.63) is 11.7 Å². The average Bonchev–Trinajstić information content (AvgIpc) is 2.93. The second-order valence-electron chi connectivity index (χ2n) is 4.95. The van der Waals surface area contributed by atoms with Crippen LogP contribution in [0, 0.1) is 11.8 Å². The van der Waals surface area contributed by atoms with Crippen LogP contribution < -0.4 is 0 Å². The average molecular weight is 208 g/mol. The van der Waals surface area contributed by atoms with Gasteiger partial charge < -0.3 is 9.63 Å². The molecule has 0 radical (unpaired) electrons. The summed E-state index contributed by atoms with van der Waals surface area (Å²) >= 11 is 0. The monoisotopic (exact) mass is 208 g/mol. The van der Waals surface area contributed by atoms with Crippen molar-refractivity contribution in [3.8, 4) is 0 Å². The summed E-state index contributed by atoms with van der Waals surface area (Å²) in [6, 6.07) is 0. The van der Waals surface area contributed by atoms with Gasteiger partial charge in [-0.1, -0.05) is 11.6 Å². The molecule has 2 fully saturated rings. The molecule has 3 unspecified atom stereocenters. The molecule has 2 aliphatic carbocycles. The Morgan fingerprint density at radius 3 is 2.80 bits per heavy atom. The standard InChI is InChI=1S/C11H16N2O2/c1-6(14)11-12-10(13-15-11)9-5-7-2-3-8(9)4-7/h6-9,14H,2-5H2,1H3/t6-,7?,8?,9?/m0/s1. The highest BCUT2D eigenvalue weighted by atomic mass is 16.5. The molecule has 82 valence electrons. The van der Waals surface area contributed by atoms with Crippen LogP contribution in [0.1, 0.15) is 56.3 Å². The molecule has 0 spiro atoms. The molecule has 2 aliphatic rings. The lowest BCUT2D eigenvalue weighted by Crippen LogP contribution is -2.10. The van der Waals surface area contributed by atoms with Crippen molar-refractivity contribution in [2.75, 3.05) is 0 Å². The number of nitrogens with zero attached hydrogens (tertiary/aromatic N) is 2. The molecule has 4 nitrogen and oxygen atoms in total. The Bertz CT molecular complexity index is 361. The summed E-state index contributed by atoms with van der Waals surface area (Å²) in [6.45, 7) is 1.65. The Kier molecular flexibility index (Phi) is 2.06. The molecule has 1 N–H and O–H groups in total. The molecule has 4 heteroatoms. The summed E-state index contributed by atoms with van der Waals surface area (Å²) in [5.41, 5.74) is 0. The third-order valence-electron chi connectivity index (χ3n) is 3.88. The van der Waals surface area contributed by atoms with Gasteiger partial charge in [0, 0.05) is 5.92 Å². The predicted octanol–water partition coefficient (Wildman–Crippen LogP) is 2.03. The van der Waals surface area contributed by atoms with Crippen LogP contribution in [0.2, 0.25) is 0 Å². The summed E-state index contributed by atoms with van der Waals surface area (Å²) in [6.07, 6.45) is 4.59. The molecular formula is C11H16N2O2. The molecule has 15 heavy (non-hydrogen) atoms. The van der Waals surface area contributed by atoms with Crippen molar-refractivity contribution in [2.45, 2.75) is 44.6 Å². The summed E-state index contributed by atoms with van der Waals surface area (Å²) in [5.74, 6) is 3.30. The van der Waals surface area contributed by atoms with Crippen molar-refractivity contribution >= 4 is 0 Å². The molecule has 1 heterocycles. The van der Waals surface area contributed by atoms with Gasteiger partial charge in [-0.3, -0.25) is 0 Å². The van der Waals surface area contributed by atoms with Crippen LogP contribution >= 0.6 is 0 Å². The fraction of sp³-hybridized carbons (Fsp3) is 0.818. The Labute approximate surface area is 88.7 Å². The zero-order valence-electron chi connectivity index (χ0n) is 8.89. The van der Waals surface area contributed by atoms with E-state index in [0.717, 1.165) is 17.7 Å². The normalized spacial score (nSPS) is 36.0. The lowest BCUT2D eigenvalue weighted by molar-refractivity contribution is 0.151. The fourth-order valence-corrected chi connectivity index (χ4v) is 3.13. The smallest absolute Gasteiger partial charge is 0.255 e. The van der Waals surface area contributed by atoms with E-state index in [2.05, 4.69) is 10.1 Å². The molecule has 0 aromatic carbocycles. The molecule has 2 saturated carbocycles. The van der Waals surface area contributed by atoms with Gasteiger partial charge in [-0.25, -0.2) is 0 Å². The molecule has 0 aliphatic heterocycles. The van der Waals surface area contributed by atoms with E-state index in [9.17, 15) is 5.11 Å². The maximum atomic E-state index is 9.32. The van der Waals surface area contributed by atoms with Gasteiger partial charge in [-0.05, 0) is 38.0 Å². The van der Waals surface area contributed by atoms with Gasteiger partial charge in [0.05, 0.1) is 0 Å². The molecule has 4 atom stereocenters. The third kappa shape index (κ3) is 1.47. The Morgan fingerprint density at radius 1 is 1.40 bits per heavy atom. The molecule has 3 rings (SSSR count). The number of fused-ring (bicyclic) bond motifs is 2. The highest BCUT2D eigenvalue weighted by Gasteiger charge is 2.42. The number of hydrogen-bond acceptors (Lipinski definition) is 4. The van der Waals surface area contributed by atoms with Gasteiger partial charge in [0.25, 0.3) is 5.89 Å². The quantitative estimate of drug-likeness (QED) is 0.807. The van der Waals surface area contributed by atoms with E-state index < -0.39 is 6.10 Å². The van der Waals surface area contributed by atoms with E-state index in [1.165, 1.54) is 25.7 Å². The van der Waals surface area contributed by atoms with Crippen LogP contribution in [-0.4, -0.2) is 15.2 Å². The maximum absolute atomic E-state index is 9.32. The second-order valence-corrected chi connectivity index (χ2v) is 4.95. The molecule has 0 amide bonds. The minimum Gasteiger partial charge on any atom is -0.384 e. The van der Waals surface area contributed by atoms with Crippen LogP contribution in [0.3, 0.4) is 0 Å². The van der Waals surface area contributed by atoms with Crippen molar-refractivity contribution < 1.29 is 9.63 Å². The van der Waals surface area contributed by atoms with Crippen molar-refractivity contribution in [3.63, 3.8) is 0 Å². The SMILES string of the molecule is C[C@H](O)c1nc(C2CC3CCC2C3)no1. The number of rotatable bonds is 2. The van der Waals surface area contributed by atoms with Crippen LogP contribution in [0.4, 0.5) is 0 Å². The first-order chi connectivity index (χ1) is 7.24. The zero-order chi connectivity index (χ0) is 10.4. The third-order valence-corrected chi connectivity index (χ3v) is 3.88. The summed E-state index contributed by atoms with van der Waals surface area (Å²) in [4.78, 5) is 4.28. The molecular weight excluding hydrogens is 192 g/mol. The number of aliphatic hydroxyl groups excluding tert-OH is 1. The maximum Gasteiger partial charge on any atom is 0.255 e. The predicted molar refractivity (Wildman–Crippen MR) is 53.1 cm³/mol. The van der Waals surface area contributed by atoms with Crippen LogP contribution in [0.5, 0.6) is 0 Å². The highest BCUT2D eigenvalue weighted by molar-refractivity contribution is 5.06. The van der Waals surface area contributed by atoms with Gasteiger partial charge in [0.2, 0.25) is 0 Å². The van der Waals surface area contributed by atoms with Gasteiger partial charge in [0.1, 0.15) is 6.10 Å². The number of hydrogen-bond donors (Lipinski definition) is 1. The van der Waals surface area contributed by atoms with Gasteiger partial charge in [0.15, 0.2) is 5.82 Å². The van der Waals surface area contributed by atoms with Crippen molar-refractivity contribution in [1.82, 2.24) is 10.1 Å². The number of aromatic nitrogens is 2. The van der Waals surface area contributed by atoms with E-state index in [-0.39, 0.29) is 0 Å². The molecule has 1 aromatic heterocycles. The summed E-state index contributed by atoms with van der Waals surface area (Å²) in [5, 5.41) is 13.3. The largest absolute Gasteiger partial charge is 0.384 e. The number of aliphatic hydroxyl groups is 1. The molecule has 1 aromatic rings. The lowest BCUT2D eigenvalue weighted by Gasteiger charge is -2.17. The Morgan fingerprint density at radius 2 is 2.27 bits per heavy atom. The van der Waals surface area contributed by atoms with E-state index in [0.29, 0.717) is 11.8 Å². The first kappa shape index (κ1) is 9.33. The topological polar surface area (TPSA) is 59.2 Å². The van der Waals surface area contributed by atoms with Crippen LogP contribution in [-0.2, 0) is 0 Å². The van der Waals surface area contributed by atoms with Crippen molar-refractivity contribution in [1.29, 1.82) is 0 Å². The first-order valence-electron chi connectivity index (χ1n) is 5.75. The summed E-state index contributed by atoms with van der Waals surface area (Å²) in [7, 11) is 0. The molecule has 2 bridgehead atoms.